The topological polar surface area (TPSA) is 83.7 Å². The summed E-state index contributed by atoms with van der Waals surface area (Å²) in [7, 11) is 0. The van der Waals surface area contributed by atoms with Gasteiger partial charge in [0.15, 0.2) is 6.10 Å². The number of hydrogen-bond donors (Lipinski definition) is 0. The van der Waals surface area contributed by atoms with Crippen molar-refractivity contribution in [3.63, 3.8) is 0 Å². The molecule has 0 aliphatic carbocycles. The van der Waals surface area contributed by atoms with E-state index in [1.807, 2.05) is 32.0 Å². The van der Waals surface area contributed by atoms with Gasteiger partial charge in [-0.25, -0.2) is 14.8 Å². The lowest BCUT2D eigenvalue weighted by Gasteiger charge is -2.15. The lowest BCUT2D eigenvalue weighted by Crippen LogP contribution is -2.29. The highest BCUT2D eigenvalue weighted by molar-refractivity contribution is 6.30. The predicted octanol–water partition coefficient (Wildman–Crippen LogP) is 4.83. The maximum Gasteiger partial charge on any atom is 0.335 e. The molecule has 32 heavy (non-hydrogen) atoms. The molecule has 0 radical (unpaired) electrons. The molecule has 0 aliphatic rings. The van der Waals surface area contributed by atoms with Gasteiger partial charge in [-0.05, 0) is 50.6 Å². The molecule has 0 spiro atoms. The Kier molecular flexibility index (Phi) is 8.64. The monoisotopic (exact) mass is 458 g/mol. The summed E-state index contributed by atoms with van der Waals surface area (Å²) in [5, 5.41) is 0.665. The molecule has 1 unspecified atom stereocenters. The maximum absolute atomic E-state index is 12.0. The molecular formula is C24H27ClN2O5. The van der Waals surface area contributed by atoms with E-state index < -0.39 is 6.10 Å². The van der Waals surface area contributed by atoms with Crippen LogP contribution in [0.15, 0.2) is 47.0 Å². The van der Waals surface area contributed by atoms with E-state index in [1.165, 1.54) is 0 Å². The van der Waals surface area contributed by atoms with Crippen LogP contribution in [0.1, 0.15) is 30.9 Å². The molecule has 170 valence electrons. The minimum Gasteiger partial charge on any atom is -0.477 e. The molecule has 8 heteroatoms. The second-order valence-corrected chi connectivity index (χ2v) is 7.47. The number of carbonyl (C=O) groups is 1. The zero-order valence-corrected chi connectivity index (χ0v) is 19.2. The summed E-state index contributed by atoms with van der Waals surface area (Å²) in [6.07, 6.45) is 2.02. The summed E-state index contributed by atoms with van der Waals surface area (Å²) in [4.78, 5) is 20.9. The summed E-state index contributed by atoms with van der Waals surface area (Å²) in [6, 6.07) is 11.0. The number of ether oxygens (including phenoxy) is 3. The smallest absolute Gasteiger partial charge is 0.335 e. The largest absolute Gasteiger partial charge is 0.477 e. The number of oxazole rings is 1. The number of esters is 1. The summed E-state index contributed by atoms with van der Waals surface area (Å²) >= 11 is 5.94. The highest BCUT2D eigenvalue weighted by Gasteiger charge is 2.20. The van der Waals surface area contributed by atoms with Crippen LogP contribution in [0.3, 0.4) is 0 Å². The van der Waals surface area contributed by atoms with Crippen molar-refractivity contribution in [2.45, 2.75) is 39.7 Å². The molecular weight excluding hydrogens is 432 g/mol. The van der Waals surface area contributed by atoms with Gasteiger partial charge in [0, 0.05) is 42.3 Å². The van der Waals surface area contributed by atoms with Gasteiger partial charge in [-0.2, -0.15) is 0 Å². The number of benzene rings is 1. The third-order valence-corrected chi connectivity index (χ3v) is 4.96. The first-order valence-electron chi connectivity index (χ1n) is 10.6. The van der Waals surface area contributed by atoms with E-state index in [9.17, 15) is 4.79 Å². The van der Waals surface area contributed by atoms with Crippen molar-refractivity contribution in [2.75, 3.05) is 19.8 Å². The third kappa shape index (κ3) is 6.55. The highest BCUT2D eigenvalue weighted by Crippen LogP contribution is 2.23. The van der Waals surface area contributed by atoms with E-state index in [0.717, 1.165) is 22.6 Å². The van der Waals surface area contributed by atoms with E-state index >= 15 is 0 Å². The fraction of sp³-hybridized carbons (Fsp3) is 0.375. The molecule has 1 aromatic carbocycles. The lowest BCUT2D eigenvalue weighted by atomic mass is 10.1. The summed E-state index contributed by atoms with van der Waals surface area (Å²) in [6.45, 7) is 6.65. The van der Waals surface area contributed by atoms with Crippen LogP contribution in [-0.2, 0) is 27.1 Å². The Bertz CT molecular complexity index is 1000. The van der Waals surface area contributed by atoms with E-state index in [4.69, 9.17) is 30.2 Å². The molecule has 2 aromatic heterocycles. The highest BCUT2D eigenvalue weighted by atomic mass is 35.5. The molecule has 3 rings (SSSR count). The molecule has 7 nitrogen and oxygen atoms in total. The third-order valence-electron chi connectivity index (χ3n) is 4.71. The number of aryl methyl sites for hydroxylation is 1. The van der Waals surface area contributed by atoms with Gasteiger partial charge in [-0.3, -0.25) is 0 Å². The molecule has 3 aromatic rings. The zero-order chi connectivity index (χ0) is 22.9. The number of hydrogen-bond acceptors (Lipinski definition) is 7. The lowest BCUT2D eigenvalue weighted by molar-refractivity contribution is -0.156. The van der Waals surface area contributed by atoms with Gasteiger partial charge in [0.25, 0.3) is 0 Å². The Labute approximate surface area is 192 Å². The number of rotatable bonds is 11. The number of halogens is 1. The first-order valence-corrected chi connectivity index (χ1v) is 11.0. The van der Waals surface area contributed by atoms with Crippen LogP contribution in [0.25, 0.3) is 11.5 Å². The molecule has 0 saturated heterocycles. The van der Waals surface area contributed by atoms with E-state index in [0.29, 0.717) is 49.5 Å². The second-order valence-electron chi connectivity index (χ2n) is 7.03. The van der Waals surface area contributed by atoms with Crippen LogP contribution < -0.4 is 4.74 Å². The van der Waals surface area contributed by atoms with E-state index in [1.54, 1.807) is 31.3 Å². The molecule has 0 amide bonds. The second kappa shape index (κ2) is 11.6. The van der Waals surface area contributed by atoms with Crippen LogP contribution in [0.5, 0.6) is 5.88 Å². The molecule has 0 fully saturated rings. The van der Waals surface area contributed by atoms with Crippen LogP contribution >= 0.6 is 11.6 Å². The fourth-order valence-corrected chi connectivity index (χ4v) is 3.23. The quantitative estimate of drug-likeness (QED) is 0.380. The summed E-state index contributed by atoms with van der Waals surface area (Å²) < 4.78 is 22.1. The summed E-state index contributed by atoms with van der Waals surface area (Å²) in [5.41, 5.74) is 2.57. The standard InChI is InChI=1S/C24H27ClN2O5/c1-4-29-21(24(28)30-5-2)14-17-6-11-22(26-15-17)31-13-12-20-16(3)32-23(27-20)18-7-9-19(25)10-8-18/h6-11,15,21H,4-5,12-14H2,1-3H3. The minimum atomic E-state index is -0.640. The normalized spacial score (nSPS) is 11.9. The summed E-state index contributed by atoms with van der Waals surface area (Å²) in [5.74, 6) is 1.44. The van der Waals surface area contributed by atoms with Crippen LogP contribution in [0.4, 0.5) is 0 Å². The molecule has 0 saturated carbocycles. The maximum atomic E-state index is 12.0. The Morgan fingerprint density at radius 2 is 1.91 bits per heavy atom. The van der Waals surface area contributed by atoms with Crippen LogP contribution in [0.2, 0.25) is 5.02 Å². The first kappa shape index (κ1) is 23.8. The Morgan fingerprint density at radius 1 is 1.12 bits per heavy atom. The Morgan fingerprint density at radius 3 is 2.56 bits per heavy atom. The van der Waals surface area contributed by atoms with Gasteiger partial charge in [-0.1, -0.05) is 17.7 Å². The predicted molar refractivity (Wildman–Crippen MR) is 121 cm³/mol. The van der Waals surface area contributed by atoms with Gasteiger partial charge in [-0.15, -0.1) is 0 Å². The zero-order valence-electron chi connectivity index (χ0n) is 18.5. The van der Waals surface area contributed by atoms with E-state index in [-0.39, 0.29) is 5.97 Å². The van der Waals surface area contributed by atoms with Gasteiger partial charge < -0.3 is 18.6 Å². The average Bonchev–Trinajstić information content (AvgIpc) is 3.15. The van der Waals surface area contributed by atoms with Gasteiger partial charge in [0.2, 0.25) is 11.8 Å². The number of pyridine rings is 1. The number of nitrogens with zero attached hydrogens (tertiary/aromatic N) is 2. The van der Waals surface area contributed by atoms with Crippen molar-refractivity contribution in [1.29, 1.82) is 0 Å². The minimum absolute atomic E-state index is 0.319. The van der Waals surface area contributed by atoms with E-state index in [2.05, 4.69) is 9.97 Å². The average molecular weight is 459 g/mol. The SMILES string of the molecule is CCOC(=O)C(Cc1ccc(OCCc2nc(-c3ccc(Cl)cc3)oc2C)nc1)OCC. The molecule has 0 aliphatic heterocycles. The van der Waals surface area contributed by atoms with Crippen molar-refractivity contribution in [3.05, 3.63) is 64.6 Å². The number of aromatic nitrogens is 2. The number of carbonyl (C=O) groups excluding carboxylic acids is 1. The van der Waals surface area contributed by atoms with Gasteiger partial charge in [0.1, 0.15) is 5.76 Å². The molecule has 1 atom stereocenters. The van der Waals surface area contributed by atoms with Crippen molar-refractivity contribution in [2.24, 2.45) is 0 Å². The van der Waals surface area contributed by atoms with Crippen molar-refractivity contribution in [1.82, 2.24) is 9.97 Å². The van der Waals surface area contributed by atoms with Crippen LogP contribution in [-0.4, -0.2) is 41.9 Å². The Hall–Kier alpha value is -2.90. The molecule has 0 bridgehead atoms. The van der Waals surface area contributed by atoms with Crippen molar-refractivity contribution in [3.8, 4) is 17.3 Å². The van der Waals surface area contributed by atoms with Gasteiger partial charge in [0.05, 0.1) is 18.9 Å². The molecule has 2 heterocycles. The van der Waals surface area contributed by atoms with Crippen molar-refractivity contribution < 1.29 is 23.4 Å². The van der Waals surface area contributed by atoms with Crippen molar-refractivity contribution >= 4 is 17.6 Å². The molecule has 0 N–H and O–H groups in total. The van der Waals surface area contributed by atoms with Crippen LogP contribution in [0, 0.1) is 6.92 Å². The van der Waals surface area contributed by atoms with Gasteiger partial charge >= 0.3 is 5.97 Å². The fourth-order valence-electron chi connectivity index (χ4n) is 3.11. The first-order chi connectivity index (χ1) is 15.5. The Balaban J connectivity index is 1.53.